The number of hydrogen-bond acceptors (Lipinski definition) is 2. The lowest BCUT2D eigenvalue weighted by Crippen LogP contribution is -2.43. The molecule has 17 heavy (non-hydrogen) atoms. The quantitative estimate of drug-likeness (QED) is 0.427. The molecule has 0 amide bonds. The maximum Gasteiger partial charge on any atom is 0.0932 e. The zero-order chi connectivity index (χ0) is 12.4. The molecule has 0 aromatic heterocycles. The van der Waals surface area contributed by atoms with Crippen molar-refractivity contribution in [1.29, 1.82) is 0 Å². The zero-order valence-electron chi connectivity index (χ0n) is 11.5. The van der Waals surface area contributed by atoms with Crippen molar-refractivity contribution in [3.8, 4) is 0 Å². The van der Waals surface area contributed by atoms with Gasteiger partial charge in [-0.15, -0.1) is 0 Å². The van der Waals surface area contributed by atoms with E-state index in [1.165, 1.54) is 51.4 Å². The molecule has 0 saturated heterocycles. The molecular formula is C15H28O2. The fourth-order valence-electron chi connectivity index (χ4n) is 4.18. The van der Waals surface area contributed by atoms with Crippen LogP contribution in [0.15, 0.2) is 0 Å². The van der Waals surface area contributed by atoms with Gasteiger partial charge in [-0.2, -0.15) is 0 Å². The van der Waals surface area contributed by atoms with Gasteiger partial charge in [-0.05, 0) is 42.9 Å². The molecule has 2 rings (SSSR count). The van der Waals surface area contributed by atoms with E-state index in [2.05, 4.69) is 18.7 Å². The summed E-state index contributed by atoms with van der Waals surface area (Å²) in [4.78, 5) is 4.65. The highest BCUT2D eigenvalue weighted by molar-refractivity contribution is 4.97. The first-order valence-electron chi connectivity index (χ1n) is 7.40. The monoisotopic (exact) mass is 240 g/mol. The van der Waals surface area contributed by atoms with Crippen LogP contribution in [0.4, 0.5) is 0 Å². The lowest BCUT2D eigenvalue weighted by Gasteiger charge is -2.50. The van der Waals surface area contributed by atoms with Crippen molar-refractivity contribution in [2.24, 2.45) is 10.8 Å². The van der Waals surface area contributed by atoms with Gasteiger partial charge in [-0.3, -0.25) is 5.26 Å². The molecule has 2 nitrogen and oxygen atoms in total. The second-order valence-electron chi connectivity index (χ2n) is 6.86. The van der Waals surface area contributed by atoms with Crippen LogP contribution in [0.25, 0.3) is 0 Å². The van der Waals surface area contributed by atoms with Gasteiger partial charge < -0.3 is 0 Å². The Kier molecular flexibility index (Phi) is 4.14. The summed E-state index contributed by atoms with van der Waals surface area (Å²) in [7, 11) is 0. The van der Waals surface area contributed by atoms with Crippen LogP contribution in [-0.2, 0) is 4.89 Å². The first kappa shape index (κ1) is 13.4. The van der Waals surface area contributed by atoms with E-state index in [0.29, 0.717) is 10.8 Å². The van der Waals surface area contributed by atoms with E-state index < -0.39 is 0 Å². The van der Waals surface area contributed by atoms with Crippen LogP contribution in [0.5, 0.6) is 0 Å². The Labute approximate surface area is 106 Å². The summed E-state index contributed by atoms with van der Waals surface area (Å²) in [6.07, 6.45) is 13.0. The maximum atomic E-state index is 8.96. The second-order valence-corrected chi connectivity index (χ2v) is 6.86. The number of rotatable bonds is 2. The van der Waals surface area contributed by atoms with Gasteiger partial charge in [0.15, 0.2) is 0 Å². The summed E-state index contributed by atoms with van der Waals surface area (Å²) < 4.78 is 0. The average molecular weight is 240 g/mol. The molecule has 2 unspecified atom stereocenters. The summed E-state index contributed by atoms with van der Waals surface area (Å²) in [6, 6.07) is 0. The lowest BCUT2D eigenvalue weighted by atomic mass is 9.55. The van der Waals surface area contributed by atoms with E-state index in [4.69, 9.17) is 5.26 Å². The SMILES string of the molecule is CC1(C2(C)CCCC(OO)C2)CCCCCC1. The maximum absolute atomic E-state index is 8.96. The Morgan fingerprint density at radius 1 is 0.882 bits per heavy atom. The molecule has 2 aliphatic rings. The Morgan fingerprint density at radius 2 is 1.47 bits per heavy atom. The molecule has 0 aliphatic heterocycles. The van der Waals surface area contributed by atoms with Crippen molar-refractivity contribution >= 4 is 0 Å². The first-order valence-corrected chi connectivity index (χ1v) is 7.40. The molecule has 2 atom stereocenters. The topological polar surface area (TPSA) is 29.5 Å². The van der Waals surface area contributed by atoms with Crippen molar-refractivity contribution in [3.63, 3.8) is 0 Å². The standard InChI is InChI=1S/C15H28O2/c1-14(9-5-3-4-6-10-14)15(2)11-7-8-13(12-15)17-16/h13,16H,3-12H2,1-2H3. The Morgan fingerprint density at radius 3 is 2.06 bits per heavy atom. The van der Waals surface area contributed by atoms with E-state index in [1.54, 1.807) is 0 Å². The molecule has 0 radical (unpaired) electrons. The van der Waals surface area contributed by atoms with Gasteiger partial charge in [0, 0.05) is 0 Å². The van der Waals surface area contributed by atoms with Gasteiger partial charge in [0.25, 0.3) is 0 Å². The molecule has 1 N–H and O–H groups in total. The molecule has 2 aliphatic carbocycles. The highest BCUT2D eigenvalue weighted by Gasteiger charge is 2.46. The Balaban J connectivity index is 2.11. The van der Waals surface area contributed by atoms with Gasteiger partial charge in [0.2, 0.25) is 0 Å². The van der Waals surface area contributed by atoms with Crippen LogP contribution in [0, 0.1) is 10.8 Å². The van der Waals surface area contributed by atoms with Gasteiger partial charge in [-0.25, -0.2) is 4.89 Å². The first-order chi connectivity index (χ1) is 8.10. The molecule has 0 aromatic rings. The summed E-state index contributed by atoms with van der Waals surface area (Å²) in [5.74, 6) is 0. The van der Waals surface area contributed by atoms with Crippen molar-refractivity contribution in [1.82, 2.24) is 0 Å². The highest BCUT2D eigenvalue weighted by Crippen LogP contribution is 2.55. The molecule has 0 bridgehead atoms. The van der Waals surface area contributed by atoms with Crippen LogP contribution in [0.2, 0.25) is 0 Å². The normalized spacial score (nSPS) is 38.6. The van der Waals surface area contributed by atoms with E-state index in [9.17, 15) is 0 Å². The highest BCUT2D eigenvalue weighted by atomic mass is 17.1. The third-order valence-corrected chi connectivity index (χ3v) is 5.75. The van der Waals surface area contributed by atoms with Crippen molar-refractivity contribution in [3.05, 3.63) is 0 Å². The summed E-state index contributed by atoms with van der Waals surface area (Å²) in [5.41, 5.74) is 0.823. The summed E-state index contributed by atoms with van der Waals surface area (Å²) in [5, 5.41) is 8.96. The van der Waals surface area contributed by atoms with Crippen LogP contribution in [-0.4, -0.2) is 11.4 Å². The molecule has 0 aromatic carbocycles. The van der Waals surface area contributed by atoms with Crippen molar-refractivity contribution < 1.29 is 10.1 Å². The fourth-order valence-corrected chi connectivity index (χ4v) is 4.18. The third kappa shape index (κ3) is 2.68. The van der Waals surface area contributed by atoms with Crippen LogP contribution in [0.1, 0.15) is 78.1 Å². The van der Waals surface area contributed by atoms with Crippen LogP contribution < -0.4 is 0 Å². The average Bonchev–Trinajstić information content (AvgIpc) is 2.55. The predicted molar refractivity (Wildman–Crippen MR) is 69.9 cm³/mol. The van der Waals surface area contributed by atoms with E-state index >= 15 is 0 Å². The molecule has 2 heteroatoms. The van der Waals surface area contributed by atoms with E-state index in [0.717, 1.165) is 12.8 Å². The van der Waals surface area contributed by atoms with Gasteiger partial charge in [0.1, 0.15) is 0 Å². The number of hydrogen-bond donors (Lipinski definition) is 1. The van der Waals surface area contributed by atoms with Gasteiger partial charge >= 0.3 is 0 Å². The minimum atomic E-state index is 0.0776. The van der Waals surface area contributed by atoms with E-state index in [1.807, 2.05) is 0 Å². The molecule has 0 spiro atoms. The largest absolute Gasteiger partial charge is 0.252 e. The van der Waals surface area contributed by atoms with Gasteiger partial charge in [0.05, 0.1) is 6.10 Å². The van der Waals surface area contributed by atoms with Gasteiger partial charge in [-0.1, -0.05) is 46.0 Å². The minimum Gasteiger partial charge on any atom is -0.252 e. The third-order valence-electron chi connectivity index (χ3n) is 5.75. The lowest BCUT2D eigenvalue weighted by molar-refractivity contribution is -0.294. The van der Waals surface area contributed by atoms with Crippen molar-refractivity contribution in [2.75, 3.05) is 0 Å². The molecular weight excluding hydrogens is 212 g/mol. The molecule has 2 saturated carbocycles. The van der Waals surface area contributed by atoms with Crippen LogP contribution in [0.3, 0.4) is 0 Å². The minimum absolute atomic E-state index is 0.0776. The Hall–Kier alpha value is -0.0800. The smallest absolute Gasteiger partial charge is 0.0932 e. The van der Waals surface area contributed by atoms with Crippen molar-refractivity contribution in [2.45, 2.75) is 84.2 Å². The molecule has 0 heterocycles. The van der Waals surface area contributed by atoms with E-state index in [-0.39, 0.29) is 6.10 Å². The Bertz CT molecular complexity index is 243. The zero-order valence-corrected chi connectivity index (χ0v) is 11.5. The summed E-state index contributed by atoms with van der Waals surface area (Å²) in [6.45, 7) is 4.92. The van der Waals surface area contributed by atoms with Crippen LogP contribution >= 0.6 is 0 Å². The summed E-state index contributed by atoms with van der Waals surface area (Å²) >= 11 is 0. The molecule has 2 fully saturated rings. The molecule has 100 valence electrons. The fraction of sp³-hybridized carbons (Fsp3) is 1.00. The predicted octanol–water partition coefficient (Wildman–Crippen LogP) is 4.79. The second kappa shape index (κ2) is 5.27.